The lowest BCUT2D eigenvalue weighted by Crippen LogP contribution is -2.19. The molecule has 1 N–H and O–H groups in total. The van der Waals surface area contributed by atoms with Gasteiger partial charge in [0.25, 0.3) is 0 Å². The van der Waals surface area contributed by atoms with Crippen LogP contribution < -0.4 is 5.32 Å². The molecular weight excluding hydrogens is 234 g/mol. The summed E-state index contributed by atoms with van der Waals surface area (Å²) in [6.45, 7) is 9.44. The fourth-order valence-electron chi connectivity index (χ4n) is 2.42. The molecule has 3 heteroatoms. The maximum absolute atomic E-state index is 4.37. The van der Waals surface area contributed by atoms with Crippen molar-refractivity contribution in [1.29, 1.82) is 0 Å². The summed E-state index contributed by atoms with van der Waals surface area (Å²) in [7, 11) is 1.96. The second-order valence-electron chi connectivity index (χ2n) is 5.38. The molecule has 0 aliphatic rings. The average molecular weight is 257 g/mol. The lowest BCUT2D eigenvalue weighted by atomic mass is 10.00. The van der Waals surface area contributed by atoms with Crippen molar-refractivity contribution in [3.05, 3.63) is 52.3 Å². The molecular formula is C16H23N3. The summed E-state index contributed by atoms with van der Waals surface area (Å²) in [5, 5.41) is 7.95. The van der Waals surface area contributed by atoms with Gasteiger partial charge < -0.3 is 5.32 Å². The molecule has 0 fully saturated rings. The first-order chi connectivity index (χ1) is 8.97. The third-order valence-electron chi connectivity index (χ3n) is 3.62. The SMILES string of the molecule is Cc1ccc(C)c(C(C)NCc2cn(C)nc2C)c1. The van der Waals surface area contributed by atoms with E-state index >= 15 is 0 Å². The van der Waals surface area contributed by atoms with Gasteiger partial charge in [0.1, 0.15) is 0 Å². The predicted octanol–water partition coefficient (Wildman–Crippen LogP) is 3.20. The predicted molar refractivity (Wildman–Crippen MR) is 79.1 cm³/mol. The molecule has 1 aromatic carbocycles. The normalized spacial score (nSPS) is 12.7. The molecule has 2 rings (SSSR count). The third-order valence-corrected chi connectivity index (χ3v) is 3.62. The van der Waals surface area contributed by atoms with Gasteiger partial charge >= 0.3 is 0 Å². The Balaban J connectivity index is 2.07. The Bertz CT molecular complexity index is 569. The third kappa shape index (κ3) is 3.24. The number of nitrogens with one attached hydrogen (secondary N) is 1. The molecule has 1 unspecified atom stereocenters. The van der Waals surface area contributed by atoms with Crippen molar-refractivity contribution in [3.8, 4) is 0 Å². The Morgan fingerprint density at radius 3 is 2.63 bits per heavy atom. The van der Waals surface area contributed by atoms with E-state index in [9.17, 15) is 0 Å². The molecule has 1 heterocycles. The van der Waals surface area contributed by atoms with Crippen molar-refractivity contribution >= 4 is 0 Å². The molecule has 0 radical (unpaired) electrons. The Labute approximate surface area is 115 Å². The zero-order valence-electron chi connectivity index (χ0n) is 12.5. The maximum atomic E-state index is 4.37. The molecule has 0 bridgehead atoms. The zero-order chi connectivity index (χ0) is 14.0. The number of hydrogen-bond donors (Lipinski definition) is 1. The van der Waals surface area contributed by atoms with Crippen LogP contribution in [0.4, 0.5) is 0 Å². The van der Waals surface area contributed by atoms with Crippen LogP contribution in [-0.2, 0) is 13.6 Å². The summed E-state index contributed by atoms with van der Waals surface area (Å²) >= 11 is 0. The highest BCUT2D eigenvalue weighted by Crippen LogP contribution is 2.19. The van der Waals surface area contributed by atoms with E-state index in [1.807, 2.05) is 11.7 Å². The highest BCUT2D eigenvalue weighted by molar-refractivity contribution is 5.32. The zero-order valence-corrected chi connectivity index (χ0v) is 12.5. The Kier molecular flexibility index (Phi) is 4.05. The van der Waals surface area contributed by atoms with Gasteiger partial charge in [0, 0.05) is 31.4 Å². The number of nitrogens with zero attached hydrogens (tertiary/aromatic N) is 2. The van der Waals surface area contributed by atoms with Gasteiger partial charge in [-0.1, -0.05) is 23.8 Å². The van der Waals surface area contributed by atoms with E-state index < -0.39 is 0 Å². The Hall–Kier alpha value is -1.61. The second-order valence-corrected chi connectivity index (χ2v) is 5.38. The van der Waals surface area contributed by atoms with E-state index in [1.54, 1.807) is 0 Å². The quantitative estimate of drug-likeness (QED) is 0.911. The number of rotatable bonds is 4. The van der Waals surface area contributed by atoms with Crippen molar-refractivity contribution in [2.24, 2.45) is 7.05 Å². The largest absolute Gasteiger partial charge is 0.306 e. The van der Waals surface area contributed by atoms with Gasteiger partial charge in [-0.2, -0.15) is 5.10 Å². The lowest BCUT2D eigenvalue weighted by molar-refractivity contribution is 0.570. The lowest BCUT2D eigenvalue weighted by Gasteiger charge is -2.17. The first-order valence-corrected chi connectivity index (χ1v) is 6.77. The van der Waals surface area contributed by atoms with Crippen LogP contribution in [0.15, 0.2) is 24.4 Å². The van der Waals surface area contributed by atoms with Gasteiger partial charge in [0.15, 0.2) is 0 Å². The van der Waals surface area contributed by atoms with Crippen molar-refractivity contribution < 1.29 is 0 Å². The number of benzene rings is 1. The molecule has 0 spiro atoms. The van der Waals surface area contributed by atoms with Gasteiger partial charge in [-0.25, -0.2) is 0 Å². The highest BCUT2D eigenvalue weighted by Gasteiger charge is 2.10. The number of aryl methyl sites for hydroxylation is 4. The minimum Gasteiger partial charge on any atom is -0.306 e. The molecule has 1 aromatic heterocycles. The molecule has 0 saturated heterocycles. The van der Waals surface area contributed by atoms with Crippen LogP contribution in [0.5, 0.6) is 0 Å². The van der Waals surface area contributed by atoms with Crippen LogP contribution in [0.2, 0.25) is 0 Å². The fourth-order valence-corrected chi connectivity index (χ4v) is 2.42. The summed E-state index contributed by atoms with van der Waals surface area (Å²) in [5.74, 6) is 0. The van der Waals surface area contributed by atoms with Crippen LogP contribution in [-0.4, -0.2) is 9.78 Å². The molecule has 19 heavy (non-hydrogen) atoms. The topological polar surface area (TPSA) is 29.9 Å². The fraction of sp³-hybridized carbons (Fsp3) is 0.438. The molecule has 0 aliphatic heterocycles. The van der Waals surface area contributed by atoms with E-state index in [0.29, 0.717) is 6.04 Å². The van der Waals surface area contributed by atoms with Crippen LogP contribution in [0.25, 0.3) is 0 Å². The van der Waals surface area contributed by atoms with E-state index in [-0.39, 0.29) is 0 Å². The van der Waals surface area contributed by atoms with Crippen LogP contribution in [0.1, 0.15) is 40.9 Å². The van der Waals surface area contributed by atoms with Crippen LogP contribution >= 0.6 is 0 Å². The van der Waals surface area contributed by atoms with Gasteiger partial charge in [-0.05, 0) is 38.8 Å². The van der Waals surface area contributed by atoms with Gasteiger partial charge in [0.2, 0.25) is 0 Å². The molecule has 3 nitrogen and oxygen atoms in total. The van der Waals surface area contributed by atoms with Crippen molar-refractivity contribution in [2.45, 2.75) is 40.3 Å². The minimum absolute atomic E-state index is 0.347. The second kappa shape index (κ2) is 5.57. The summed E-state index contributed by atoms with van der Waals surface area (Å²) in [6.07, 6.45) is 2.08. The maximum Gasteiger partial charge on any atom is 0.0638 e. The molecule has 0 amide bonds. The molecule has 0 aliphatic carbocycles. The van der Waals surface area contributed by atoms with Crippen molar-refractivity contribution in [1.82, 2.24) is 15.1 Å². The molecule has 2 aromatic rings. The van der Waals surface area contributed by atoms with E-state index in [4.69, 9.17) is 0 Å². The first-order valence-electron chi connectivity index (χ1n) is 6.77. The van der Waals surface area contributed by atoms with Gasteiger partial charge in [-0.3, -0.25) is 4.68 Å². The standard InChI is InChI=1S/C16H23N3/c1-11-6-7-12(2)16(8-11)14(4)17-9-15-10-19(5)18-13(15)3/h6-8,10,14,17H,9H2,1-5H3. The molecule has 1 atom stereocenters. The van der Waals surface area contributed by atoms with E-state index in [0.717, 1.165) is 12.2 Å². The number of hydrogen-bond acceptors (Lipinski definition) is 2. The molecule has 0 saturated carbocycles. The average Bonchev–Trinajstić information content (AvgIpc) is 2.68. The summed E-state index contributed by atoms with van der Waals surface area (Å²) < 4.78 is 1.87. The van der Waals surface area contributed by atoms with Crippen LogP contribution in [0, 0.1) is 20.8 Å². The first kappa shape index (κ1) is 13.8. The smallest absolute Gasteiger partial charge is 0.0638 e. The monoisotopic (exact) mass is 257 g/mol. The minimum atomic E-state index is 0.347. The summed E-state index contributed by atoms with van der Waals surface area (Å²) in [4.78, 5) is 0. The van der Waals surface area contributed by atoms with Gasteiger partial charge in [0.05, 0.1) is 5.69 Å². The van der Waals surface area contributed by atoms with E-state index in [2.05, 4.69) is 62.5 Å². The van der Waals surface area contributed by atoms with Gasteiger partial charge in [-0.15, -0.1) is 0 Å². The Morgan fingerprint density at radius 2 is 2.00 bits per heavy atom. The Morgan fingerprint density at radius 1 is 1.26 bits per heavy atom. The highest BCUT2D eigenvalue weighted by atomic mass is 15.2. The van der Waals surface area contributed by atoms with Crippen molar-refractivity contribution in [2.75, 3.05) is 0 Å². The summed E-state index contributed by atoms with van der Waals surface area (Å²) in [6, 6.07) is 6.97. The van der Waals surface area contributed by atoms with Crippen molar-refractivity contribution in [3.63, 3.8) is 0 Å². The summed E-state index contributed by atoms with van der Waals surface area (Å²) in [5.41, 5.74) is 6.39. The van der Waals surface area contributed by atoms with E-state index in [1.165, 1.54) is 22.3 Å². The van der Waals surface area contributed by atoms with Crippen LogP contribution in [0.3, 0.4) is 0 Å². The molecule has 102 valence electrons. The number of aromatic nitrogens is 2.